The molecule has 31 heavy (non-hydrogen) atoms. The van der Waals surface area contributed by atoms with Crippen LogP contribution in [0.2, 0.25) is 0 Å². The standard InChI is InChI=1S/C23H24N4O4/c28-22(19-10-7-13-24-21(19)27-14-5-2-6-15-27)25-26-23(29)20-12-11-18(31-20)16-30-17-8-3-1-4-9-17/h1,3-4,7-13H,2,5-6,14-16H2,(H,25,28)(H,26,29). The van der Waals surface area contributed by atoms with Gasteiger partial charge in [-0.25, -0.2) is 4.98 Å². The lowest BCUT2D eigenvalue weighted by Crippen LogP contribution is -2.42. The Balaban J connectivity index is 1.33. The number of piperidine rings is 1. The number of amides is 2. The number of hydrazine groups is 1. The zero-order chi connectivity index (χ0) is 21.5. The van der Waals surface area contributed by atoms with Crippen LogP contribution in [0.15, 0.2) is 65.2 Å². The molecule has 0 saturated carbocycles. The molecule has 4 rings (SSSR count). The van der Waals surface area contributed by atoms with Crippen molar-refractivity contribution < 1.29 is 18.7 Å². The number of hydrogen-bond donors (Lipinski definition) is 2. The van der Waals surface area contributed by atoms with Crippen LogP contribution in [0.4, 0.5) is 5.82 Å². The highest BCUT2D eigenvalue weighted by Crippen LogP contribution is 2.21. The van der Waals surface area contributed by atoms with Crippen molar-refractivity contribution in [3.8, 4) is 5.75 Å². The summed E-state index contributed by atoms with van der Waals surface area (Å²) in [6, 6.07) is 15.9. The summed E-state index contributed by atoms with van der Waals surface area (Å²) in [4.78, 5) is 31.5. The van der Waals surface area contributed by atoms with Gasteiger partial charge in [0.2, 0.25) is 0 Å². The SMILES string of the molecule is O=C(NNC(=O)c1cccnc1N1CCCCC1)c1ccc(COc2ccccc2)o1. The summed E-state index contributed by atoms with van der Waals surface area (Å²) >= 11 is 0. The van der Waals surface area contributed by atoms with Gasteiger partial charge in [-0.05, 0) is 55.7 Å². The Morgan fingerprint density at radius 1 is 0.935 bits per heavy atom. The van der Waals surface area contributed by atoms with Gasteiger partial charge in [-0.2, -0.15) is 0 Å². The monoisotopic (exact) mass is 420 g/mol. The molecule has 0 aliphatic carbocycles. The number of nitrogens with one attached hydrogen (secondary N) is 2. The second-order valence-corrected chi connectivity index (χ2v) is 7.20. The lowest BCUT2D eigenvalue weighted by Gasteiger charge is -2.29. The van der Waals surface area contributed by atoms with E-state index in [1.54, 1.807) is 24.4 Å². The third-order valence-corrected chi connectivity index (χ3v) is 4.99. The van der Waals surface area contributed by atoms with Crippen LogP contribution in [0.5, 0.6) is 5.75 Å². The predicted molar refractivity (Wildman–Crippen MR) is 115 cm³/mol. The van der Waals surface area contributed by atoms with Gasteiger partial charge >= 0.3 is 5.91 Å². The van der Waals surface area contributed by atoms with Crippen molar-refractivity contribution in [2.75, 3.05) is 18.0 Å². The highest BCUT2D eigenvalue weighted by molar-refractivity contribution is 6.01. The van der Waals surface area contributed by atoms with Crippen LogP contribution in [0.3, 0.4) is 0 Å². The molecule has 160 valence electrons. The molecule has 2 aromatic heterocycles. The molecule has 1 aromatic carbocycles. The van der Waals surface area contributed by atoms with E-state index in [0.29, 0.717) is 22.9 Å². The van der Waals surface area contributed by atoms with E-state index in [0.717, 1.165) is 25.9 Å². The molecule has 0 bridgehead atoms. The fourth-order valence-electron chi connectivity index (χ4n) is 3.42. The molecule has 1 fully saturated rings. The van der Waals surface area contributed by atoms with Crippen LogP contribution in [0.25, 0.3) is 0 Å². The lowest BCUT2D eigenvalue weighted by molar-refractivity contribution is 0.0828. The Kier molecular flexibility index (Phi) is 6.47. The van der Waals surface area contributed by atoms with Crippen LogP contribution < -0.4 is 20.5 Å². The molecule has 0 radical (unpaired) electrons. The molecule has 8 nitrogen and oxygen atoms in total. The van der Waals surface area contributed by atoms with Gasteiger partial charge in [-0.15, -0.1) is 0 Å². The van der Waals surface area contributed by atoms with E-state index in [2.05, 4.69) is 20.7 Å². The number of furan rings is 1. The minimum atomic E-state index is -0.553. The smallest absolute Gasteiger partial charge is 0.305 e. The molecule has 1 saturated heterocycles. The maximum Gasteiger partial charge on any atom is 0.305 e. The molecule has 2 amide bonds. The number of para-hydroxylation sites is 1. The first kappa shape index (κ1) is 20.5. The van der Waals surface area contributed by atoms with Crippen molar-refractivity contribution in [3.05, 3.63) is 77.9 Å². The molecule has 0 spiro atoms. The summed E-state index contributed by atoms with van der Waals surface area (Å²) in [5.74, 6) is 0.934. The van der Waals surface area contributed by atoms with Crippen LogP contribution in [0, 0.1) is 0 Å². The Labute approximate surface area is 180 Å². The number of benzene rings is 1. The van der Waals surface area contributed by atoms with Crippen molar-refractivity contribution in [2.45, 2.75) is 25.9 Å². The lowest BCUT2D eigenvalue weighted by atomic mass is 10.1. The second kappa shape index (κ2) is 9.80. The molecule has 0 unspecified atom stereocenters. The van der Waals surface area contributed by atoms with E-state index >= 15 is 0 Å². The Bertz CT molecular complexity index is 1030. The highest BCUT2D eigenvalue weighted by atomic mass is 16.5. The van der Waals surface area contributed by atoms with Crippen molar-refractivity contribution in [2.24, 2.45) is 0 Å². The first-order valence-corrected chi connectivity index (χ1v) is 10.3. The zero-order valence-corrected chi connectivity index (χ0v) is 17.0. The van der Waals surface area contributed by atoms with Crippen molar-refractivity contribution >= 4 is 17.6 Å². The molecule has 1 aliphatic heterocycles. The molecular weight excluding hydrogens is 396 g/mol. The number of carbonyl (C=O) groups is 2. The Hall–Kier alpha value is -3.81. The van der Waals surface area contributed by atoms with E-state index in [-0.39, 0.29) is 12.4 Å². The molecular formula is C23H24N4O4. The summed E-state index contributed by atoms with van der Waals surface area (Å²) in [5, 5.41) is 0. The average molecular weight is 420 g/mol. The highest BCUT2D eigenvalue weighted by Gasteiger charge is 2.20. The van der Waals surface area contributed by atoms with E-state index in [1.807, 2.05) is 30.3 Å². The van der Waals surface area contributed by atoms with E-state index in [9.17, 15) is 9.59 Å². The normalized spacial score (nSPS) is 13.5. The van der Waals surface area contributed by atoms with Gasteiger partial charge in [0.25, 0.3) is 5.91 Å². The van der Waals surface area contributed by atoms with Crippen LogP contribution in [-0.4, -0.2) is 29.9 Å². The average Bonchev–Trinajstić information content (AvgIpc) is 3.31. The van der Waals surface area contributed by atoms with Gasteiger partial charge < -0.3 is 14.1 Å². The Morgan fingerprint density at radius 3 is 2.52 bits per heavy atom. The van der Waals surface area contributed by atoms with Gasteiger partial charge in [0.1, 0.15) is 23.9 Å². The van der Waals surface area contributed by atoms with E-state index in [1.165, 1.54) is 12.5 Å². The molecule has 3 heterocycles. The van der Waals surface area contributed by atoms with Crippen molar-refractivity contribution in [1.29, 1.82) is 0 Å². The molecule has 1 aliphatic rings. The van der Waals surface area contributed by atoms with Gasteiger partial charge in [0, 0.05) is 19.3 Å². The first-order valence-electron chi connectivity index (χ1n) is 10.3. The maximum atomic E-state index is 12.7. The summed E-state index contributed by atoms with van der Waals surface area (Å²) in [7, 11) is 0. The third kappa shape index (κ3) is 5.22. The Morgan fingerprint density at radius 2 is 1.71 bits per heavy atom. The number of aromatic nitrogens is 1. The van der Waals surface area contributed by atoms with Crippen LogP contribution in [-0.2, 0) is 6.61 Å². The molecule has 3 aromatic rings. The van der Waals surface area contributed by atoms with Crippen molar-refractivity contribution in [3.63, 3.8) is 0 Å². The van der Waals surface area contributed by atoms with Crippen LogP contribution >= 0.6 is 0 Å². The fourth-order valence-corrected chi connectivity index (χ4v) is 3.42. The number of ether oxygens (including phenoxy) is 1. The number of rotatable bonds is 6. The van der Waals surface area contributed by atoms with Gasteiger partial charge in [-0.3, -0.25) is 20.4 Å². The summed E-state index contributed by atoms with van der Waals surface area (Å²) in [6.45, 7) is 1.92. The zero-order valence-electron chi connectivity index (χ0n) is 17.0. The quantitative estimate of drug-likeness (QED) is 0.594. The fraction of sp³-hybridized carbons (Fsp3) is 0.261. The topological polar surface area (TPSA) is 96.7 Å². The van der Waals surface area contributed by atoms with Gasteiger partial charge in [0.15, 0.2) is 5.76 Å². The van der Waals surface area contributed by atoms with Gasteiger partial charge in [-0.1, -0.05) is 18.2 Å². The van der Waals surface area contributed by atoms with Crippen LogP contribution in [0.1, 0.15) is 45.9 Å². The molecule has 0 atom stereocenters. The largest absolute Gasteiger partial charge is 0.486 e. The third-order valence-electron chi connectivity index (χ3n) is 4.99. The number of nitrogens with zero attached hydrogens (tertiary/aromatic N) is 2. The molecule has 8 heteroatoms. The number of carbonyl (C=O) groups excluding carboxylic acids is 2. The van der Waals surface area contributed by atoms with E-state index in [4.69, 9.17) is 9.15 Å². The number of pyridine rings is 1. The molecule has 2 N–H and O–H groups in total. The summed E-state index contributed by atoms with van der Waals surface area (Å²) in [5.41, 5.74) is 5.26. The number of anilines is 1. The van der Waals surface area contributed by atoms with Gasteiger partial charge in [0.05, 0.1) is 5.56 Å². The maximum absolute atomic E-state index is 12.7. The second-order valence-electron chi connectivity index (χ2n) is 7.20. The predicted octanol–water partition coefficient (Wildman–Crippen LogP) is 3.32. The first-order chi connectivity index (χ1) is 15.2. The summed E-state index contributed by atoms with van der Waals surface area (Å²) in [6.07, 6.45) is 5.00. The van der Waals surface area contributed by atoms with Crippen molar-refractivity contribution in [1.82, 2.24) is 15.8 Å². The number of hydrogen-bond acceptors (Lipinski definition) is 6. The minimum absolute atomic E-state index is 0.0782. The van der Waals surface area contributed by atoms with E-state index < -0.39 is 11.8 Å². The summed E-state index contributed by atoms with van der Waals surface area (Å²) < 4.78 is 11.1. The minimum Gasteiger partial charge on any atom is -0.486 e.